The Labute approximate surface area is 151 Å². The van der Waals surface area contributed by atoms with Crippen molar-refractivity contribution in [1.29, 1.82) is 0 Å². The number of nitrogens with zero attached hydrogens (tertiary/aromatic N) is 2. The molecule has 0 unspecified atom stereocenters. The molecule has 0 amide bonds. The molecule has 2 rings (SSSR count). The Balaban J connectivity index is 2.09. The van der Waals surface area contributed by atoms with Gasteiger partial charge in [-0.25, -0.2) is 0 Å². The van der Waals surface area contributed by atoms with E-state index in [4.69, 9.17) is 12.2 Å². The Bertz CT molecular complexity index is 668. The van der Waals surface area contributed by atoms with Crippen LogP contribution in [0.3, 0.4) is 0 Å². The lowest BCUT2D eigenvalue weighted by atomic mass is 10.1. The number of hydrogen-bond donors (Lipinski definition) is 1. The fraction of sp³-hybridized carbons (Fsp3) is 0.350. The summed E-state index contributed by atoms with van der Waals surface area (Å²) in [5.41, 5.74) is 4.87. The minimum atomic E-state index is 0.768. The van der Waals surface area contributed by atoms with Crippen LogP contribution in [0.4, 0.5) is 5.69 Å². The number of rotatable bonds is 6. The number of hydrogen-bond acceptors (Lipinski definition) is 2. The van der Waals surface area contributed by atoms with Crippen molar-refractivity contribution in [2.75, 3.05) is 32.5 Å². The van der Waals surface area contributed by atoms with E-state index in [2.05, 4.69) is 85.5 Å². The number of anilines is 1. The summed E-state index contributed by atoms with van der Waals surface area (Å²) in [5, 5.41) is 4.16. The lowest BCUT2D eigenvalue weighted by molar-refractivity contribution is 0.328. The average Bonchev–Trinajstić information content (AvgIpc) is 2.55. The second-order valence-corrected chi connectivity index (χ2v) is 6.83. The van der Waals surface area contributed by atoms with Gasteiger partial charge in [0.25, 0.3) is 0 Å². The summed E-state index contributed by atoms with van der Waals surface area (Å²) >= 11 is 5.68. The molecule has 0 aliphatic carbocycles. The summed E-state index contributed by atoms with van der Waals surface area (Å²) in [5.74, 6) is 0. The maximum absolute atomic E-state index is 5.68. The fourth-order valence-corrected chi connectivity index (χ4v) is 2.67. The van der Waals surface area contributed by atoms with E-state index in [1.54, 1.807) is 0 Å². The number of aryl methyl sites for hydroxylation is 2. The maximum Gasteiger partial charge on any atom is 0.173 e. The number of benzene rings is 2. The molecule has 24 heavy (non-hydrogen) atoms. The van der Waals surface area contributed by atoms with Gasteiger partial charge < -0.3 is 15.1 Å². The van der Waals surface area contributed by atoms with E-state index in [0.29, 0.717) is 0 Å². The molecule has 0 atom stereocenters. The highest BCUT2D eigenvalue weighted by molar-refractivity contribution is 7.80. The Morgan fingerprint density at radius 2 is 1.67 bits per heavy atom. The smallest absolute Gasteiger partial charge is 0.173 e. The van der Waals surface area contributed by atoms with Crippen LogP contribution in [0.1, 0.15) is 16.7 Å². The van der Waals surface area contributed by atoms with E-state index in [9.17, 15) is 0 Å². The first-order valence-corrected chi connectivity index (χ1v) is 8.68. The number of likely N-dealkylation sites (N-methyl/N-ethyl adjacent to an activating group) is 1. The predicted molar refractivity (Wildman–Crippen MR) is 108 cm³/mol. The molecule has 128 valence electrons. The van der Waals surface area contributed by atoms with Crippen molar-refractivity contribution >= 4 is 23.0 Å². The summed E-state index contributed by atoms with van der Waals surface area (Å²) in [7, 11) is 4.17. The lowest BCUT2D eigenvalue weighted by Crippen LogP contribution is -2.38. The summed E-state index contributed by atoms with van der Waals surface area (Å²) in [6.45, 7) is 6.90. The topological polar surface area (TPSA) is 18.5 Å². The van der Waals surface area contributed by atoms with Gasteiger partial charge in [0.2, 0.25) is 0 Å². The number of nitrogens with one attached hydrogen (secondary N) is 1. The van der Waals surface area contributed by atoms with Gasteiger partial charge in [-0.3, -0.25) is 0 Å². The summed E-state index contributed by atoms with van der Waals surface area (Å²) < 4.78 is 0. The van der Waals surface area contributed by atoms with Crippen molar-refractivity contribution in [3.8, 4) is 0 Å². The van der Waals surface area contributed by atoms with Gasteiger partial charge in [-0.05, 0) is 69.0 Å². The fourth-order valence-electron chi connectivity index (χ4n) is 2.40. The van der Waals surface area contributed by atoms with E-state index in [1.165, 1.54) is 16.7 Å². The van der Waals surface area contributed by atoms with Crippen molar-refractivity contribution in [2.24, 2.45) is 0 Å². The first-order valence-electron chi connectivity index (χ1n) is 8.27. The molecule has 0 saturated carbocycles. The van der Waals surface area contributed by atoms with Crippen molar-refractivity contribution in [1.82, 2.24) is 9.80 Å². The highest BCUT2D eigenvalue weighted by Crippen LogP contribution is 2.15. The molecule has 3 nitrogen and oxygen atoms in total. The van der Waals surface area contributed by atoms with E-state index in [0.717, 1.165) is 30.4 Å². The molecule has 0 saturated heterocycles. The molecule has 0 aliphatic rings. The van der Waals surface area contributed by atoms with Crippen LogP contribution in [0.25, 0.3) is 0 Å². The van der Waals surface area contributed by atoms with Crippen LogP contribution in [0.5, 0.6) is 0 Å². The Hall–Kier alpha value is -1.91. The third kappa shape index (κ3) is 5.62. The molecule has 0 spiro atoms. The number of thiocarbonyl (C=S) groups is 1. The maximum atomic E-state index is 5.68. The average molecular weight is 342 g/mol. The van der Waals surface area contributed by atoms with Crippen LogP contribution < -0.4 is 5.32 Å². The highest BCUT2D eigenvalue weighted by Gasteiger charge is 2.11. The van der Waals surface area contributed by atoms with Crippen LogP contribution >= 0.6 is 12.2 Å². The zero-order chi connectivity index (χ0) is 17.5. The molecule has 0 bridgehead atoms. The van der Waals surface area contributed by atoms with Crippen LogP contribution in [0.15, 0.2) is 48.5 Å². The molecular formula is C20H27N3S. The van der Waals surface area contributed by atoms with Gasteiger partial charge in [-0.1, -0.05) is 36.4 Å². The molecule has 0 aliphatic heterocycles. The minimum absolute atomic E-state index is 0.768. The largest absolute Gasteiger partial charge is 0.343 e. The molecular weight excluding hydrogens is 314 g/mol. The monoisotopic (exact) mass is 341 g/mol. The molecule has 4 heteroatoms. The first-order chi connectivity index (χ1) is 11.5. The van der Waals surface area contributed by atoms with Gasteiger partial charge in [-0.2, -0.15) is 0 Å². The van der Waals surface area contributed by atoms with Crippen LogP contribution in [0, 0.1) is 13.8 Å². The summed E-state index contributed by atoms with van der Waals surface area (Å²) in [4.78, 5) is 4.40. The molecule has 0 aromatic heterocycles. The van der Waals surface area contributed by atoms with Gasteiger partial charge in [-0.15, -0.1) is 0 Å². The molecule has 0 fully saturated rings. The van der Waals surface area contributed by atoms with Crippen molar-refractivity contribution in [2.45, 2.75) is 20.4 Å². The van der Waals surface area contributed by atoms with E-state index < -0.39 is 0 Å². The van der Waals surface area contributed by atoms with Crippen LogP contribution in [-0.4, -0.2) is 42.1 Å². The molecule has 0 heterocycles. The standard InChI is InChI=1S/C20H27N3S/c1-16-10-11-19(14-17(16)2)21-20(24)23(13-12-22(3)4)15-18-8-6-5-7-9-18/h5-11,14H,12-13,15H2,1-4H3,(H,21,24). The Morgan fingerprint density at radius 3 is 2.29 bits per heavy atom. The van der Waals surface area contributed by atoms with Crippen molar-refractivity contribution in [3.05, 3.63) is 65.2 Å². The van der Waals surface area contributed by atoms with Gasteiger partial charge >= 0.3 is 0 Å². The second-order valence-electron chi connectivity index (χ2n) is 6.44. The van der Waals surface area contributed by atoms with Crippen LogP contribution in [0.2, 0.25) is 0 Å². The summed E-state index contributed by atoms with van der Waals surface area (Å²) in [6, 6.07) is 16.8. The molecule has 1 N–H and O–H groups in total. The SMILES string of the molecule is Cc1ccc(NC(=S)N(CCN(C)C)Cc2ccccc2)cc1C. The summed E-state index contributed by atoms with van der Waals surface area (Å²) in [6.07, 6.45) is 0. The Kier molecular flexibility index (Phi) is 6.76. The lowest BCUT2D eigenvalue weighted by Gasteiger charge is -2.27. The zero-order valence-corrected chi connectivity index (χ0v) is 15.9. The van der Waals surface area contributed by atoms with Gasteiger partial charge in [0, 0.05) is 25.3 Å². The molecule has 2 aromatic carbocycles. The van der Waals surface area contributed by atoms with Crippen molar-refractivity contribution < 1.29 is 0 Å². The van der Waals surface area contributed by atoms with Crippen LogP contribution in [-0.2, 0) is 6.54 Å². The van der Waals surface area contributed by atoms with Gasteiger partial charge in [0.05, 0.1) is 0 Å². The minimum Gasteiger partial charge on any atom is -0.343 e. The van der Waals surface area contributed by atoms with Gasteiger partial charge in [0.15, 0.2) is 5.11 Å². The zero-order valence-electron chi connectivity index (χ0n) is 15.0. The highest BCUT2D eigenvalue weighted by atomic mass is 32.1. The van der Waals surface area contributed by atoms with Crippen molar-refractivity contribution in [3.63, 3.8) is 0 Å². The third-order valence-electron chi connectivity index (χ3n) is 4.08. The quantitative estimate of drug-likeness (QED) is 0.798. The molecule has 2 aromatic rings. The van der Waals surface area contributed by atoms with E-state index in [-0.39, 0.29) is 0 Å². The van der Waals surface area contributed by atoms with E-state index >= 15 is 0 Å². The predicted octanol–water partition coefficient (Wildman–Crippen LogP) is 4.06. The third-order valence-corrected chi connectivity index (χ3v) is 4.44. The molecule has 0 radical (unpaired) electrons. The van der Waals surface area contributed by atoms with E-state index in [1.807, 2.05) is 6.07 Å². The first kappa shape index (κ1) is 18.4. The normalized spacial score (nSPS) is 10.7. The van der Waals surface area contributed by atoms with Gasteiger partial charge in [0.1, 0.15) is 0 Å². The second kappa shape index (κ2) is 8.81. The Morgan fingerprint density at radius 1 is 0.958 bits per heavy atom.